The highest BCUT2D eigenvalue weighted by Crippen LogP contribution is 2.20. The maximum Gasteiger partial charge on any atom is 0.269 e. The van der Waals surface area contributed by atoms with Crippen LogP contribution in [0.4, 0.5) is 11.4 Å². The van der Waals surface area contributed by atoms with Crippen LogP contribution in [0.1, 0.15) is 12.8 Å². The monoisotopic (exact) mass is 297 g/mol. The van der Waals surface area contributed by atoms with Crippen molar-refractivity contribution < 1.29 is 9.66 Å². The molecule has 0 fully saturated rings. The van der Waals surface area contributed by atoms with Crippen LogP contribution >= 0.6 is 11.6 Å². The summed E-state index contributed by atoms with van der Waals surface area (Å²) in [5, 5.41) is 10.7. The molecule has 0 bridgehead atoms. The number of nitrogens with zero attached hydrogens (tertiary/aromatic N) is 3. The van der Waals surface area contributed by atoms with Gasteiger partial charge in [0.15, 0.2) is 12.0 Å². The average molecular weight is 298 g/mol. The topological polar surface area (TPSA) is 68.0 Å². The summed E-state index contributed by atoms with van der Waals surface area (Å²) in [6.07, 6.45) is 1.59. The van der Waals surface area contributed by atoms with E-state index in [0.29, 0.717) is 18.9 Å². The summed E-state index contributed by atoms with van der Waals surface area (Å²) in [5.41, 5.74) is 1.08. The number of hydrogen-bond acceptors (Lipinski definition) is 5. The van der Waals surface area contributed by atoms with Crippen LogP contribution in [-0.2, 0) is 4.74 Å². The maximum atomic E-state index is 10.7. The quantitative estimate of drug-likeness (QED) is 0.489. The lowest BCUT2D eigenvalue weighted by Crippen LogP contribution is -2.30. The zero-order valence-corrected chi connectivity index (χ0v) is 11.8. The molecule has 0 unspecified atom stereocenters. The van der Waals surface area contributed by atoms with Gasteiger partial charge in [0.25, 0.3) is 5.69 Å². The van der Waals surface area contributed by atoms with Crippen molar-refractivity contribution in [1.82, 2.24) is 0 Å². The second kappa shape index (κ2) is 7.09. The van der Waals surface area contributed by atoms with Gasteiger partial charge in [-0.3, -0.25) is 15.1 Å². The van der Waals surface area contributed by atoms with Gasteiger partial charge in [-0.15, -0.1) is 0 Å². The molecule has 0 radical (unpaired) electrons. The third-order valence-electron chi connectivity index (χ3n) is 3.12. The fraction of sp³-hybridized carbons (Fsp3) is 0.462. The first kappa shape index (κ1) is 14.6. The molecule has 0 aromatic heterocycles. The number of non-ortho nitro benzene ring substituents is 1. The van der Waals surface area contributed by atoms with Crippen molar-refractivity contribution in [3.05, 3.63) is 34.4 Å². The van der Waals surface area contributed by atoms with E-state index < -0.39 is 4.92 Å². The number of aliphatic imine (C=N–C) groups is 1. The molecule has 1 aromatic rings. The SMILES string of the molecule is O=[N+]([O-])c1ccc(N2CCCN=C(OCCl)CC2)cc1. The number of halogens is 1. The van der Waals surface area contributed by atoms with Crippen molar-refractivity contribution in [2.45, 2.75) is 12.8 Å². The molecule has 6 nitrogen and oxygen atoms in total. The van der Waals surface area contributed by atoms with Gasteiger partial charge in [0.1, 0.15) is 0 Å². The number of benzene rings is 1. The predicted octanol–water partition coefficient (Wildman–Crippen LogP) is 2.81. The van der Waals surface area contributed by atoms with E-state index in [9.17, 15) is 10.1 Å². The van der Waals surface area contributed by atoms with Crippen molar-refractivity contribution in [2.24, 2.45) is 4.99 Å². The summed E-state index contributed by atoms with van der Waals surface area (Å²) < 4.78 is 5.25. The van der Waals surface area contributed by atoms with Crippen molar-refractivity contribution in [2.75, 3.05) is 30.6 Å². The van der Waals surface area contributed by atoms with Gasteiger partial charge in [0, 0.05) is 43.9 Å². The molecular formula is C13H16ClN3O3. The number of nitro benzene ring substituents is 1. The number of nitro groups is 1. The molecule has 108 valence electrons. The van der Waals surface area contributed by atoms with Gasteiger partial charge >= 0.3 is 0 Å². The second-order valence-corrected chi connectivity index (χ2v) is 4.61. The molecule has 0 atom stereocenters. The Balaban J connectivity index is 2.04. The lowest BCUT2D eigenvalue weighted by atomic mass is 10.2. The number of rotatable bonds is 3. The summed E-state index contributed by atoms with van der Waals surface area (Å²) in [7, 11) is 0. The third kappa shape index (κ3) is 3.84. The van der Waals surface area contributed by atoms with E-state index in [4.69, 9.17) is 16.3 Å². The highest BCUT2D eigenvalue weighted by atomic mass is 35.5. The highest BCUT2D eigenvalue weighted by molar-refractivity contribution is 6.17. The van der Waals surface area contributed by atoms with E-state index in [-0.39, 0.29) is 11.8 Å². The minimum absolute atomic E-state index is 0.105. The molecule has 0 aliphatic carbocycles. The van der Waals surface area contributed by atoms with Crippen LogP contribution in [0.2, 0.25) is 0 Å². The van der Waals surface area contributed by atoms with E-state index in [1.54, 1.807) is 12.1 Å². The molecule has 20 heavy (non-hydrogen) atoms. The first-order valence-electron chi connectivity index (χ1n) is 6.42. The number of hydrogen-bond donors (Lipinski definition) is 0. The Hall–Kier alpha value is -1.82. The Kier molecular flexibility index (Phi) is 5.17. The average Bonchev–Trinajstić information content (AvgIpc) is 2.42. The number of anilines is 1. The van der Waals surface area contributed by atoms with Gasteiger partial charge in [-0.2, -0.15) is 0 Å². The van der Waals surface area contributed by atoms with E-state index >= 15 is 0 Å². The fourth-order valence-electron chi connectivity index (χ4n) is 2.11. The summed E-state index contributed by atoms with van der Waals surface area (Å²) in [6, 6.07) is 6.71. The zero-order chi connectivity index (χ0) is 14.4. The van der Waals surface area contributed by atoms with Crippen LogP contribution in [0.5, 0.6) is 0 Å². The third-order valence-corrected chi connectivity index (χ3v) is 3.23. The number of ether oxygens (including phenoxy) is 1. The smallest absolute Gasteiger partial charge is 0.269 e. The molecule has 2 rings (SSSR count). The zero-order valence-electron chi connectivity index (χ0n) is 11.0. The highest BCUT2D eigenvalue weighted by Gasteiger charge is 2.13. The molecular weight excluding hydrogens is 282 g/mol. The van der Waals surface area contributed by atoms with E-state index in [1.165, 1.54) is 12.1 Å². The van der Waals surface area contributed by atoms with Crippen LogP contribution in [0.25, 0.3) is 0 Å². The molecule has 7 heteroatoms. The van der Waals surface area contributed by atoms with Crippen molar-refractivity contribution >= 4 is 28.9 Å². The molecule has 1 aliphatic rings. The first-order valence-corrected chi connectivity index (χ1v) is 6.95. The van der Waals surface area contributed by atoms with Gasteiger partial charge in [-0.05, 0) is 18.6 Å². The van der Waals surface area contributed by atoms with Crippen LogP contribution in [0.15, 0.2) is 29.3 Å². The van der Waals surface area contributed by atoms with Crippen molar-refractivity contribution in [3.63, 3.8) is 0 Å². The van der Waals surface area contributed by atoms with Crippen LogP contribution in [0, 0.1) is 10.1 Å². The van der Waals surface area contributed by atoms with Gasteiger partial charge in [-0.1, -0.05) is 11.6 Å². The van der Waals surface area contributed by atoms with Gasteiger partial charge < -0.3 is 9.64 Å². The summed E-state index contributed by atoms with van der Waals surface area (Å²) >= 11 is 5.55. The fourth-order valence-corrected chi connectivity index (χ4v) is 2.24. The van der Waals surface area contributed by atoms with E-state index in [1.807, 2.05) is 0 Å². The van der Waals surface area contributed by atoms with Crippen LogP contribution in [-0.4, -0.2) is 36.5 Å². The minimum Gasteiger partial charge on any atom is -0.465 e. The van der Waals surface area contributed by atoms with Gasteiger partial charge in [-0.25, -0.2) is 0 Å². The molecule has 0 amide bonds. The largest absolute Gasteiger partial charge is 0.465 e. The van der Waals surface area contributed by atoms with E-state index in [2.05, 4.69) is 9.89 Å². The molecule has 0 N–H and O–H groups in total. The number of alkyl halides is 1. The van der Waals surface area contributed by atoms with Gasteiger partial charge in [0.05, 0.1) is 4.92 Å². The second-order valence-electron chi connectivity index (χ2n) is 4.39. The Morgan fingerprint density at radius 3 is 2.75 bits per heavy atom. The molecule has 1 aliphatic heterocycles. The summed E-state index contributed by atoms with van der Waals surface area (Å²) in [5.74, 6) is 0.673. The Bertz CT molecular complexity index is 490. The molecule has 1 aromatic carbocycles. The standard InChI is InChI=1S/C13H16ClN3O3/c14-10-20-13-6-9-16(8-1-7-15-13)11-2-4-12(5-3-11)17(18)19/h2-5H,1,6-10H2. The first-order chi connectivity index (χ1) is 9.70. The maximum absolute atomic E-state index is 10.7. The molecule has 0 saturated carbocycles. The Morgan fingerprint density at radius 2 is 2.10 bits per heavy atom. The summed E-state index contributed by atoms with van der Waals surface area (Å²) in [4.78, 5) is 16.8. The molecule has 0 saturated heterocycles. The van der Waals surface area contributed by atoms with E-state index in [0.717, 1.165) is 25.2 Å². The van der Waals surface area contributed by atoms with Crippen LogP contribution in [0.3, 0.4) is 0 Å². The van der Waals surface area contributed by atoms with Crippen LogP contribution < -0.4 is 4.90 Å². The predicted molar refractivity (Wildman–Crippen MR) is 78.7 cm³/mol. The Morgan fingerprint density at radius 1 is 1.35 bits per heavy atom. The molecule has 1 heterocycles. The Labute approximate surface area is 122 Å². The molecule has 0 spiro atoms. The lowest BCUT2D eigenvalue weighted by molar-refractivity contribution is -0.384. The normalized spacial score (nSPS) is 16.1. The lowest BCUT2D eigenvalue weighted by Gasteiger charge is -2.26. The summed E-state index contributed by atoms with van der Waals surface area (Å²) in [6.45, 7) is 2.33. The van der Waals surface area contributed by atoms with Crippen molar-refractivity contribution in [3.8, 4) is 0 Å². The van der Waals surface area contributed by atoms with Gasteiger partial charge in [0.2, 0.25) is 0 Å². The van der Waals surface area contributed by atoms with Crippen molar-refractivity contribution in [1.29, 1.82) is 0 Å². The minimum atomic E-state index is -0.393.